The molecule has 0 fully saturated rings. The maximum absolute atomic E-state index is 5.16. The van der Waals surface area contributed by atoms with Gasteiger partial charge in [0.05, 0.1) is 12.9 Å². The van der Waals surface area contributed by atoms with Gasteiger partial charge in [-0.25, -0.2) is 0 Å². The number of hydrogen-bond acceptors (Lipinski definition) is 1. The first-order valence-corrected chi connectivity index (χ1v) is 4.57. The van der Waals surface area contributed by atoms with Crippen molar-refractivity contribution in [2.75, 3.05) is 6.61 Å². The van der Waals surface area contributed by atoms with Crippen LogP contribution in [-0.2, 0) is 4.74 Å². The lowest BCUT2D eigenvalue weighted by molar-refractivity contribution is 0.181. The van der Waals surface area contributed by atoms with Gasteiger partial charge in [-0.15, -0.1) is 0 Å². The molecule has 0 radical (unpaired) electrons. The SMILES string of the molecule is C=COCC(CCC)CCC. The van der Waals surface area contributed by atoms with Crippen LogP contribution in [0.3, 0.4) is 0 Å². The van der Waals surface area contributed by atoms with Crippen molar-refractivity contribution in [3.05, 3.63) is 12.8 Å². The molecule has 0 aliphatic heterocycles. The Labute approximate surface area is 70.4 Å². The van der Waals surface area contributed by atoms with Crippen LogP contribution in [0.4, 0.5) is 0 Å². The Morgan fingerprint density at radius 1 is 1.27 bits per heavy atom. The van der Waals surface area contributed by atoms with Crippen molar-refractivity contribution < 1.29 is 4.74 Å². The summed E-state index contributed by atoms with van der Waals surface area (Å²) in [5.41, 5.74) is 0. The van der Waals surface area contributed by atoms with Gasteiger partial charge in [-0.3, -0.25) is 0 Å². The zero-order valence-corrected chi connectivity index (χ0v) is 7.81. The Hall–Kier alpha value is -0.460. The van der Waals surface area contributed by atoms with Crippen LogP contribution in [0.2, 0.25) is 0 Å². The Balaban J connectivity index is 3.41. The first-order chi connectivity index (χ1) is 5.35. The molecule has 0 amide bonds. The molecule has 0 aromatic carbocycles. The minimum Gasteiger partial charge on any atom is -0.502 e. The Kier molecular flexibility index (Phi) is 7.33. The molecule has 0 aliphatic rings. The molecular weight excluding hydrogens is 136 g/mol. The summed E-state index contributed by atoms with van der Waals surface area (Å²) in [6, 6.07) is 0. The minimum absolute atomic E-state index is 0.739. The monoisotopic (exact) mass is 156 g/mol. The van der Waals surface area contributed by atoms with E-state index in [1.54, 1.807) is 6.26 Å². The van der Waals surface area contributed by atoms with Gasteiger partial charge in [-0.1, -0.05) is 33.3 Å². The molecule has 0 N–H and O–H groups in total. The van der Waals surface area contributed by atoms with Crippen molar-refractivity contribution in [3.8, 4) is 0 Å². The number of ether oxygens (including phenoxy) is 1. The molecule has 0 aromatic heterocycles. The molecule has 1 heteroatoms. The molecule has 0 spiro atoms. The Morgan fingerprint density at radius 3 is 2.18 bits per heavy atom. The largest absolute Gasteiger partial charge is 0.502 e. The molecule has 0 atom stereocenters. The second-order valence-electron chi connectivity index (χ2n) is 2.94. The van der Waals surface area contributed by atoms with Crippen LogP contribution in [0, 0.1) is 5.92 Å². The molecule has 0 saturated carbocycles. The maximum atomic E-state index is 5.16. The van der Waals surface area contributed by atoms with Crippen LogP contribution in [0.15, 0.2) is 12.8 Å². The summed E-state index contributed by atoms with van der Waals surface area (Å²) in [6.45, 7) is 8.82. The van der Waals surface area contributed by atoms with Gasteiger partial charge in [0.25, 0.3) is 0 Å². The lowest BCUT2D eigenvalue weighted by Crippen LogP contribution is -2.06. The van der Waals surface area contributed by atoms with E-state index in [1.807, 2.05) is 0 Å². The van der Waals surface area contributed by atoms with E-state index >= 15 is 0 Å². The van der Waals surface area contributed by atoms with E-state index in [4.69, 9.17) is 4.74 Å². The van der Waals surface area contributed by atoms with E-state index < -0.39 is 0 Å². The van der Waals surface area contributed by atoms with E-state index in [0.717, 1.165) is 12.5 Å². The van der Waals surface area contributed by atoms with Crippen molar-refractivity contribution in [1.82, 2.24) is 0 Å². The Bertz CT molecular complexity index is 82.9. The minimum atomic E-state index is 0.739. The fourth-order valence-electron chi connectivity index (χ4n) is 1.33. The molecule has 0 aromatic rings. The lowest BCUT2D eigenvalue weighted by atomic mass is 10.00. The van der Waals surface area contributed by atoms with E-state index in [0.29, 0.717) is 0 Å². The van der Waals surface area contributed by atoms with Crippen molar-refractivity contribution >= 4 is 0 Å². The molecule has 0 bridgehead atoms. The second-order valence-corrected chi connectivity index (χ2v) is 2.94. The third kappa shape index (κ3) is 5.96. The van der Waals surface area contributed by atoms with Gasteiger partial charge in [0.1, 0.15) is 0 Å². The standard InChI is InChI=1S/C10H20O/c1-4-7-10(8-5-2)9-11-6-3/h6,10H,3-5,7-9H2,1-2H3. The summed E-state index contributed by atoms with van der Waals surface area (Å²) in [7, 11) is 0. The third-order valence-corrected chi connectivity index (χ3v) is 1.84. The van der Waals surface area contributed by atoms with Gasteiger partial charge in [0, 0.05) is 0 Å². The van der Waals surface area contributed by atoms with Gasteiger partial charge in [0.2, 0.25) is 0 Å². The van der Waals surface area contributed by atoms with E-state index in [1.165, 1.54) is 25.7 Å². The Morgan fingerprint density at radius 2 is 1.82 bits per heavy atom. The summed E-state index contributed by atoms with van der Waals surface area (Å²) < 4.78 is 5.16. The topological polar surface area (TPSA) is 9.23 Å². The van der Waals surface area contributed by atoms with Gasteiger partial charge < -0.3 is 4.74 Å². The first-order valence-electron chi connectivity index (χ1n) is 4.57. The zero-order valence-electron chi connectivity index (χ0n) is 7.81. The zero-order chi connectivity index (χ0) is 8.53. The molecule has 0 rings (SSSR count). The average Bonchev–Trinajstić information content (AvgIpc) is 2.01. The highest BCUT2D eigenvalue weighted by Crippen LogP contribution is 2.13. The van der Waals surface area contributed by atoms with E-state index in [2.05, 4.69) is 20.4 Å². The summed E-state index contributed by atoms with van der Waals surface area (Å²) >= 11 is 0. The van der Waals surface area contributed by atoms with Crippen LogP contribution in [0.1, 0.15) is 39.5 Å². The molecule has 66 valence electrons. The second kappa shape index (κ2) is 7.64. The molecule has 0 unspecified atom stereocenters. The highest BCUT2D eigenvalue weighted by atomic mass is 16.5. The van der Waals surface area contributed by atoms with Crippen LogP contribution in [-0.4, -0.2) is 6.61 Å². The molecule has 0 saturated heterocycles. The van der Waals surface area contributed by atoms with Gasteiger partial charge in [0.15, 0.2) is 0 Å². The van der Waals surface area contributed by atoms with Crippen molar-refractivity contribution in [3.63, 3.8) is 0 Å². The van der Waals surface area contributed by atoms with Crippen LogP contribution >= 0.6 is 0 Å². The van der Waals surface area contributed by atoms with Crippen LogP contribution in [0.5, 0.6) is 0 Å². The van der Waals surface area contributed by atoms with Crippen molar-refractivity contribution in [2.24, 2.45) is 5.92 Å². The molecule has 0 heterocycles. The first kappa shape index (κ1) is 10.5. The summed E-state index contributed by atoms with van der Waals surface area (Å²) in [4.78, 5) is 0. The van der Waals surface area contributed by atoms with Gasteiger partial charge in [-0.2, -0.15) is 0 Å². The normalized spacial score (nSPS) is 10.1. The fraction of sp³-hybridized carbons (Fsp3) is 0.800. The van der Waals surface area contributed by atoms with Crippen molar-refractivity contribution in [2.45, 2.75) is 39.5 Å². The highest BCUT2D eigenvalue weighted by molar-refractivity contribution is 4.59. The molecule has 11 heavy (non-hydrogen) atoms. The number of hydrogen-bond donors (Lipinski definition) is 0. The predicted octanol–water partition coefficient (Wildman–Crippen LogP) is 3.36. The fourth-order valence-corrected chi connectivity index (χ4v) is 1.33. The van der Waals surface area contributed by atoms with Crippen LogP contribution in [0.25, 0.3) is 0 Å². The average molecular weight is 156 g/mol. The summed E-state index contributed by atoms with van der Waals surface area (Å²) in [5, 5.41) is 0. The number of rotatable bonds is 7. The predicted molar refractivity (Wildman–Crippen MR) is 49.5 cm³/mol. The maximum Gasteiger partial charge on any atom is 0.0901 e. The lowest BCUT2D eigenvalue weighted by Gasteiger charge is -2.13. The van der Waals surface area contributed by atoms with Gasteiger partial charge in [-0.05, 0) is 18.8 Å². The molecular formula is C10H20O. The summed E-state index contributed by atoms with van der Waals surface area (Å²) in [6.07, 6.45) is 6.61. The smallest absolute Gasteiger partial charge is 0.0901 e. The summed E-state index contributed by atoms with van der Waals surface area (Å²) in [5.74, 6) is 0.739. The molecule has 0 aliphatic carbocycles. The van der Waals surface area contributed by atoms with Crippen LogP contribution < -0.4 is 0 Å². The van der Waals surface area contributed by atoms with E-state index in [9.17, 15) is 0 Å². The third-order valence-electron chi connectivity index (χ3n) is 1.84. The quantitative estimate of drug-likeness (QED) is 0.513. The highest BCUT2D eigenvalue weighted by Gasteiger charge is 2.05. The van der Waals surface area contributed by atoms with E-state index in [-0.39, 0.29) is 0 Å². The van der Waals surface area contributed by atoms with Gasteiger partial charge >= 0.3 is 0 Å². The van der Waals surface area contributed by atoms with Crippen molar-refractivity contribution in [1.29, 1.82) is 0 Å². The molecule has 1 nitrogen and oxygen atoms in total.